The zero-order chi connectivity index (χ0) is 19.5. The van der Waals surface area contributed by atoms with E-state index in [4.69, 9.17) is 28.2 Å². The lowest BCUT2D eigenvalue weighted by molar-refractivity contribution is 0.172. The van der Waals surface area contributed by atoms with Crippen molar-refractivity contribution in [3.8, 4) is 11.3 Å². The van der Waals surface area contributed by atoms with Gasteiger partial charge >= 0.3 is 0 Å². The SMILES string of the molecule is Cc1nn(CN2CCCCC2)c(=S)n1/N=C/c1ccc(-c2ccc(Cl)cc2)o1. The normalized spacial score (nSPS) is 15.5. The molecule has 6 nitrogen and oxygen atoms in total. The lowest BCUT2D eigenvalue weighted by Gasteiger charge is -2.25. The maximum Gasteiger partial charge on any atom is 0.220 e. The van der Waals surface area contributed by atoms with Gasteiger partial charge in [0, 0.05) is 10.6 Å². The lowest BCUT2D eigenvalue weighted by Crippen LogP contribution is -2.32. The standard InChI is InChI=1S/C20H22ClN5OS/c1-15-23-25(14-24-11-3-2-4-12-24)20(28)26(15)22-13-18-9-10-19(27-18)16-5-7-17(21)8-6-16/h5-10,13H,2-4,11-12,14H2,1H3/b22-13+. The molecular weight excluding hydrogens is 394 g/mol. The largest absolute Gasteiger partial charge is 0.455 e. The van der Waals surface area contributed by atoms with Crippen molar-refractivity contribution in [1.29, 1.82) is 0 Å². The number of aromatic nitrogens is 3. The van der Waals surface area contributed by atoms with Crippen LogP contribution in [0.3, 0.4) is 0 Å². The third-order valence-corrected chi connectivity index (χ3v) is 5.45. The maximum atomic E-state index is 5.94. The average molecular weight is 416 g/mol. The van der Waals surface area contributed by atoms with Crippen molar-refractivity contribution >= 4 is 30.0 Å². The molecule has 0 radical (unpaired) electrons. The molecule has 0 saturated carbocycles. The van der Waals surface area contributed by atoms with Gasteiger partial charge in [0.25, 0.3) is 0 Å². The molecule has 1 aliphatic rings. The summed E-state index contributed by atoms with van der Waals surface area (Å²) in [6.45, 7) is 4.80. The Morgan fingerprint density at radius 3 is 2.64 bits per heavy atom. The van der Waals surface area contributed by atoms with Gasteiger partial charge in [-0.15, -0.1) is 0 Å². The number of aryl methyl sites for hydroxylation is 1. The quantitative estimate of drug-likeness (QED) is 0.436. The van der Waals surface area contributed by atoms with Gasteiger partial charge in [-0.1, -0.05) is 18.0 Å². The summed E-state index contributed by atoms with van der Waals surface area (Å²) in [6.07, 6.45) is 5.44. The highest BCUT2D eigenvalue weighted by atomic mass is 35.5. The van der Waals surface area contributed by atoms with E-state index in [1.165, 1.54) is 19.3 Å². The Kier molecular flexibility index (Phi) is 5.75. The minimum atomic E-state index is 0.587. The van der Waals surface area contributed by atoms with Crippen LogP contribution in [-0.4, -0.2) is 38.7 Å². The van der Waals surface area contributed by atoms with Crippen LogP contribution in [0.5, 0.6) is 0 Å². The zero-order valence-electron chi connectivity index (χ0n) is 15.7. The van der Waals surface area contributed by atoms with E-state index < -0.39 is 0 Å². The number of halogens is 1. The van der Waals surface area contributed by atoms with Gasteiger partial charge in [0.1, 0.15) is 11.5 Å². The van der Waals surface area contributed by atoms with Gasteiger partial charge in [0.05, 0.1) is 12.9 Å². The molecule has 0 amide bonds. The van der Waals surface area contributed by atoms with Crippen molar-refractivity contribution in [1.82, 2.24) is 19.4 Å². The summed E-state index contributed by atoms with van der Waals surface area (Å²) in [5, 5.41) is 9.73. The third kappa shape index (κ3) is 4.27. The first kappa shape index (κ1) is 19.1. The van der Waals surface area contributed by atoms with E-state index in [0.717, 1.165) is 30.2 Å². The molecular formula is C20H22ClN5OS. The fourth-order valence-corrected chi connectivity index (χ4v) is 3.73. The predicted octanol–water partition coefficient (Wildman–Crippen LogP) is 4.96. The molecule has 8 heteroatoms. The molecule has 3 heterocycles. The summed E-state index contributed by atoms with van der Waals surface area (Å²) >= 11 is 11.5. The molecule has 1 aromatic carbocycles. The molecule has 1 saturated heterocycles. The third-order valence-electron chi connectivity index (χ3n) is 4.81. The van der Waals surface area contributed by atoms with Gasteiger partial charge in [0.2, 0.25) is 4.77 Å². The highest BCUT2D eigenvalue weighted by Gasteiger charge is 2.13. The first-order valence-electron chi connectivity index (χ1n) is 9.39. The number of hydrogen-bond acceptors (Lipinski definition) is 5. The second kappa shape index (κ2) is 8.43. The highest BCUT2D eigenvalue weighted by molar-refractivity contribution is 7.71. The first-order valence-corrected chi connectivity index (χ1v) is 10.2. The van der Waals surface area contributed by atoms with Crippen LogP contribution in [0, 0.1) is 11.7 Å². The Labute approximate surface area is 174 Å². The van der Waals surface area contributed by atoms with Crippen molar-refractivity contribution in [2.45, 2.75) is 32.9 Å². The van der Waals surface area contributed by atoms with Gasteiger partial charge < -0.3 is 4.42 Å². The fourth-order valence-electron chi connectivity index (χ4n) is 3.33. The fraction of sp³-hybridized carbons (Fsp3) is 0.350. The number of likely N-dealkylation sites (tertiary alicyclic amines) is 1. The Bertz CT molecular complexity index is 1030. The van der Waals surface area contributed by atoms with E-state index in [2.05, 4.69) is 15.1 Å². The van der Waals surface area contributed by atoms with E-state index in [9.17, 15) is 0 Å². The number of benzene rings is 1. The molecule has 3 aromatic rings. The van der Waals surface area contributed by atoms with Crippen molar-refractivity contribution in [2.24, 2.45) is 5.10 Å². The van der Waals surface area contributed by atoms with E-state index in [1.807, 2.05) is 48.0 Å². The van der Waals surface area contributed by atoms with Crippen LogP contribution in [0.25, 0.3) is 11.3 Å². The van der Waals surface area contributed by atoms with Crippen molar-refractivity contribution in [3.63, 3.8) is 0 Å². The Balaban J connectivity index is 1.50. The van der Waals surface area contributed by atoms with Crippen LogP contribution in [-0.2, 0) is 6.67 Å². The number of rotatable bonds is 5. The number of hydrogen-bond donors (Lipinski definition) is 0. The minimum Gasteiger partial charge on any atom is -0.455 e. The topological polar surface area (TPSA) is 51.5 Å². The van der Waals surface area contributed by atoms with E-state index >= 15 is 0 Å². The van der Waals surface area contributed by atoms with Crippen molar-refractivity contribution in [2.75, 3.05) is 13.1 Å². The monoisotopic (exact) mass is 415 g/mol. The van der Waals surface area contributed by atoms with Gasteiger partial charge in [-0.25, -0.2) is 4.68 Å². The van der Waals surface area contributed by atoms with Gasteiger partial charge in [-0.05, 0) is 81.5 Å². The molecule has 0 aliphatic carbocycles. The average Bonchev–Trinajstić information content (AvgIpc) is 3.27. The summed E-state index contributed by atoms with van der Waals surface area (Å²) in [6, 6.07) is 11.3. The van der Waals surface area contributed by atoms with Gasteiger partial charge in [0.15, 0.2) is 5.82 Å². The molecule has 28 heavy (non-hydrogen) atoms. The molecule has 4 rings (SSSR count). The van der Waals surface area contributed by atoms with E-state index in [0.29, 0.717) is 22.2 Å². The summed E-state index contributed by atoms with van der Waals surface area (Å²) in [5.74, 6) is 2.16. The molecule has 2 aromatic heterocycles. The lowest BCUT2D eigenvalue weighted by atomic mass is 10.1. The molecule has 1 aliphatic heterocycles. The molecule has 0 N–H and O–H groups in total. The summed E-state index contributed by atoms with van der Waals surface area (Å²) in [7, 11) is 0. The zero-order valence-corrected chi connectivity index (χ0v) is 17.3. The van der Waals surface area contributed by atoms with Crippen LogP contribution in [0.2, 0.25) is 5.02 Å². The Morgan fingerprint density at radius 2 is 1.89 bits per heavy atom. The van der Waals surface area contributed by atoms with Crippen LogP contribution < -0.4 is 0 Å². The van der Waals surface area contributed by atoms with Gasteiger partial charge in [-0.2, -0.15) is 14.9 Å². The first-order chi connectivity index (χ1) is 13.6. The number of furan rings is 1. The van der Waals surface area contributed by atoms with Crippen LogP contribution in [0.4, 0.5) is 0 Å². The highest BCUT2D eigenvalue weighted by Crippen LogP contribution is 2.23. The van der Waals surface area contributed by atoms with Crippen LogP contribution in [0.1, 0.15) is 30.8 Å². The minimum absolute atomic E-state index is 0.587. The predicted molar refractivity (Wildman–Crippen MR) is 113 cm³/mol. The summed E-state index contributed by atoms with van der Waals surface area (Å²) in [4.78, 5) is 2.38. The van der Waals surface area contributed by atoms with Crippen LogP contribution >= 0.6 is 23.8 Å². The summed E-state index contributed by atoms with van der Waals surface area (Å²) in [5.41, 5.74) is 0.964. The second-order valence-corrected chi connectivity index (χ2v) is 7.72. The molecule has 0 unspecified atom stereocenters. The number of nitrogens with zero attached hydrogens (tertiary/aromatic N) is 5. The van der Waals surface area contributed by atoms with Gasteiger partial charge in [-0.3, -0.25) is 4.90 Å². The molecule has 0 spiro atoms. The van der Waals surface area contributed by atoms with E-state index in [-0.39, 0.29) is 0 Å². The smallest absolute Gasteiger partial charge is 0.220 e. The van der Waals surface area contributed by atoms with Crippen LogP contribution in [0.15, 0.2) is 45.9 Å². The molecule has 146 valence electrons. The van der Waals surface area contributed by atoms with E-state index in [1.54, 1.807) is 10.9 Å². The summed E-state index contributed by atoms with van der Waals surface area (Å²) < 4.78 is 9.96. The van der Waals surface area contributed by atoms with Crippen molar-refractivity contribution < 1.29 is 4.42 Å². The van der Waals surface area contributed by atoms with Crippen molar-refractivity contribution in [3.05, 3.63) is 57.8 Å². The Morgan fingerprint density at radius 1 is 1.14 bits per heavy atom. The molecule has 0 atom stereocenters. The molecule has 0 bridgehead atoms. The number of piperidine rings is 1. The second-order valence-electron chi connectivity index (χ2n) is 6.91. The maximum absolute atomic E-state index is 5.94. The molecule has 1 fully saturated rings. The Hall–Kier alpha value is -2.22.